The van der Waals surface area contributed by atoms with Crippen LogP contribution in [0.3, 0.4) is 0 Å². The summed E-state index contributed by atoms with van der Waals surface area (Å²) in [6.07, 6.45) is 4.70. The monoisotopic (exact) mass is 298 g/mol. The quantitative estimate of drug-likeness (QED) is 0.361. The van der Waals surface area contributed by atoms with E-state index in [-0.39, 0.29) is 5.97 Å². The van der Waals surface area contributed by atoms with Crippen LogP contribution in [0.4, 0.5) is 0 Å². The zero-order valence-corrected chi connectivity index (χ0v) is 13.5. The van der Waals surface area contributed by atoms with Crippen molar-refractivity contribution in [3.63, 3.8) is 0 Å². The molecule has 0 amide bonds. The molecule has 0 aliphatic carbocycles. The number of nitrogens with zero attached hydrogens (tertiary/aromatic N) is 1. The van der Waals surface area contributed by atoms with Crippen LogP contribution >= 0.6 is 0 Å². The summed E-state index contributed by atoms with van der Waals surface area (Å²) in [7, 11) is 2.31. The van der Waals surface area contributed by atoms with Crippen molar-refractivity contribution >= 4 is 5.97 Å². The molecule has 1 fully saturated rings. The molecule has 1 aromatic rings. The van der Waals surface area contributed by atoms with Crippen molar-refractivity contribution in [2.75, 3.05) is 7.05 Å². The first kappa shape index (κ1) is 15.1. The van der Waals surface area contributed by atoms with E-state index in [2.05, 4.69) is 25.0 Å². The lowest BCUT2D eigenvalue weighted by atomic mass is 10.1. The smallest absolute Gasteiger partial charge is 0.311 e. The van der Waals surface area contributed by atoms with Crippen LogP contribution in [0.15, 0.2) is 24.3 Å². The highest BCUT2D eigenvalue weighted by Crippen LogP contribution is 2.38. The lowest BCUT2D eigenvalue weighted by Gasteiger charge is -2.40. The zero-order valence-electron chi connectivity index (χ0n) is 13.5. The minimum Gasteiger partial charge on any atom is -0.426 e. The van der Waals surface area contributed by atoms with E-state index in [1.54, 1.807) is 0 Å². The van der Waals surface area contributed by atoms with Crippen LogP contribution in [0.2, 0.25) is 0 Å². The van der Waals surface area contributed by atoms with Crippen LogP contribution in [-0.4, -0.2) is 29.6 Å². The molecule has 2 bridgehead atoms. The summed E-state index contributed by atoms with van der Waals surface area (Å²) in [6, 6.07) is 8.99. The summed E-state index contributed by atoms with van der Waals surface area (Å²) in [5.41, 5.74) is 1.12. The average molecular weight is 298 g/mol. The van der Waals surface area contributed by atoms with Crippen molar-refractivity contribution in [1.82, 2.24) is 0 Å². The molecule has 0 aromatic heterocycles. The topological polar surface area (TPSA) is 26.3 Å². The molecule has 22 heavy (non-hydrogen) atoms. The average Bonchev–Trinajstić information content (AvgIpc) is 2.69. The van der Waals surface area contributed by atoms with Crippen molar-refractivity contribution in [2.45, 2.75) is 57.7 Å². The number of fused-ring (bicyclic) bond motifs is 2. The van der Waals surface area contributed by atoms with E-state index >= 15 is 0 Å². The van der Waals surface area contributed by atoms with E-state index in [0.29, 0.717) is 18.5 Å². The fraction of sp³-hybridized carbons (Fsp3) is 0.526. The van der Waals surface area contributed by atoms with E-state index in [9.17, 15) is 4.79 Å². The normalized spacial score (nSPS) is 28.8. The molecule has 3 rings (SSSR count). The Morgan fingerprint density at radius 2 is 2.18 bits per heavy atom. The van der Waals surface area contributed by atoms with E-state index < -0.39 is 0 Å². The molecule has 2 heterocycles. The van der Waals surface area contributed by atoms with Gasteiger partial charge in [-0.3, -0.25) is 4.79 Å². The SMILES string of the molecule is CCCC(=O)Oc1ccccc1C[N+]1(C)[C@@H]2CC#C[C@H]1CC2. The Morgan fingerprint density at radius 3 is 2.95 bits per heavy atom. The standard InChI is InChI=1S/C19H24NO2/c1-3-7-19(21)22-18-11-5-4-8-15(18)14-20(2)16-9-6-10-17(20)13-12-16/h4-5,8,11,16-17H,3,7,9,12-14H2,1-2H3/q+1/t16-,17+,20?/m1/s1. The molecular formula is C19H24NO2+. The van der Waals surface area contributed by atoms with Crippen molar-refractivity contribution in [3.8, 4) is 17.6 Å². The number of carbonyl (C=O) groups excluding carboxylic acids is 1. The fourth-order valence-corrected chi connectivity index (χ4v) is 3.74. The Bertz CT molecular complexity index is 628. The van der Waals surface area contributed by atoms with E-state index in [0.717, 1.165) is 35.2 Å². The van der Waals surface area contributed by atoms with Gasteiger partial charge >= 0.3 is 5.97 Å². The molecule has 116 valence electrons. The van der Waals surface area contributed by atoms with Crippen molar-refractivity contribution < 1.29 is 14.0 Å². The molecule has 2 aliphatic rings. The first-order valence-electron chi connectivity index (χ1n) is 8.25. The first-order chi connectivity index (χ1) is 10.6. The molecule has 1 saturated heterocycles. The lowest BCUT2D eigenvalue weighted by molar-refractivity contribution is -0.949. The minimum absolute atomic E-state index is 0.140. The number of quaternary nitrogens is 1. The number of carbonyl (C=O) groups is 1. The lowest BCUT2D eigenvalue weighted by Crippen LogP contribution is -2.53. The largest absolute Gasteiger partial charge is 0.426 e. The maximum absolute atomic E-state index is 11.8. The van der Waals surface area contributed by atoms with Gasteiger partial charge in [0.25, 0.3) is 0 Å². The summed E-state index contributed by atoms with van der Waals surface area (Å²) in [5.74, 6) is 7.30. The van der Waals surface area contributed by atoms with Gasteiger partial charge in [0.2, 0.25) is 0 Å². The van der Waals surface area contributed by atoms with Gasteiger partial charge in [-0.1, -0.05) is 25.0 Å². The Balaban J connectivity index is 1.81. The number of rotatable bonds is 5. The molecule has 1 aromatic carbocycles. The fourth-order valence-electron chi connectivity index (χ4n) is 3.74. The third-order valence-corrected chi connectivity index (χ3v) is 5.09. The van der Waals surface area contributed by atoms with Gasteiger partial charge in [-0.05, 0) is 24.5 Å². The van der Waals surface area contributed by atoms with Gasteiger partial charge in [-0.15, -0.1) is 0 Å². The second-order valence-electron chi connectivity index (χ2n) is 6.61. The Morgan fingerprint density at radius 1 is 1.36 bits per heavy atom. The highest BCUT2D eigenvalue weighted by atomic mass is 16.5. The predicted octanol–water partition coefficient (Wildman–Crippen LogP) is 3.28. The van der Waals surface area contributed by atoms with Gasteiger partial charge in [0.05, 0.1) is 13.5 Å². The molecule has 0 radical (unpaired) electrons. The van der Waals surface area contributed by atoms with E-state index in [4.69, 9.17) is 4.74 Å². The second kappa shape index (κ2) is 6.14. The first-order valence-corrected chi connectivity index (χ1v) is 8.25. The van der Waals surface area contributed by atoms with Gasteiger partial charge in [-0.25, -0.2) is 0 Å². The molecule has 1 unspecified atom stereocenters. The zero-order chi connectivity index (χ0) is 15.6. The molecule has 3 nitrogen and oxygen atoms in total. The maximum atomic E-state index is 11.8. The number of para-hydroxylation sites is 1. The third-order valence-electron chi connectivity index (χ3n) is 5.09. The number of hydrogen-bond donors (Lipinski definition) is 0. The Labute approximate surface area is 132 Å². The number of esters is 1. The second-order valence-corrected chi connectivity index (χ2v) is 6.61. The van der Waals surface area contributed by atoms with Crippen LogP contribution in [0, 0.1) is 11.8 Å². The van der Waals surface area contributed by atoms with Gasteiger partial charge in [0.15, 0.2) is 6.04 Å². The molecule has 0 N–H and O–H groups in total. The van der Waals surface area contributed by atoms with Crippen molar-refractivity contribution in [3.05, 3.63) is 29.8 Å². The van der Waals surface area contributed by atoms with Crippen LogP contribution in [0.1, 0.15) is 44.6 Å². The molecule has 3 heteroatoms. The maximum Gasteiger partial charge on any atom is 0.311 e. The Hall–Kier alpha value is -1.79. The number of hydrogen-bond acceptors (Lipinski definition) is 2. The third kappa shape index (κ3) is 2.76. The van der Waals surface area contributed by atoms with Crippen molar-refractivity contribution in [1.29, 1.82) is 0 Å². The molecule has 2 aliphatic heterocycles. The summed E-state index contributed by atoms with van der Waals surface area (Å²) in [6.45, 7) is 2.88. The van der Waals surface area contributed by atoms with Crippen molar-refractivity contribution in [2.24, 2.45) is 0 Å². The van der Waals surface area contributed by atoms with E-state index in [1.165, 1.54) is 12.8 Å². The summed E-state index contributed by atoms with van der Waals surface area (Å²) in [5, 5.41) is 0. The van der Waals surface area contributed by atoms with Crippen LogP contribution in [-0.2, 0) is 11.3 Å². The van der Waals surface area contributed by atoms with Crippen LogP contribution in [0.5, 0.6) is 5.75 Å². The number of ether oxygens (including phenoxy) is 1. The Kier molecular flexibility index (Phi) is 4.22. The minimum atomic E-state index is -0.140. The highest BCUT2D eigenvalue weighted by Gasteiger charge is 2.47. The predicted molar refractivity (Wildman–Crippen MR) is 86.1 cm³/mol. The highest BCUT2D eigenvalue weighted by molar-refractivity contribution is 5.72. The summed E-state index contributed by atoms with van der Waals surface area (Å²) >= 11 is 0. The summed E-state index contributed by atoms with van der Waals surface area (Å²) in [4.78, 5) is 11.8. The molecule has 0 saturated carbocycles. The van der Waals surface area contributed by atoms with Crippen LogP contribution < -0.4 is 4.74 Å². The molecule has 0 spiro atoms. The molecular weight excluding hydrogens is 274 g/mol. The van der Waals surface area contributed by atoms with E-state index in [1.807, 2.05) is 25.1 Å². The molecule has 3 atom stereocenters. The van der Waals surface area contributed by atoms with Gasteiger partial charge in [0, 0.05) is 24.8 Å². The van der Waals surface area contributed by atoms with Gasteiger partial charge in [-0.2, -0.15) is 0 Å². The number of benzene rings is 1. The summed E-state index contributed by atoms with van der Waals surface area (Å²) < 4.78 is 6.55. The van der Waals surface area contributed by atoms with Crippen LogP contribution in [0.25, 0.3) is 0 Å². The van der Waals surface area contributed by atoms with Gasteiger partial charge in [0.1, 0.15) is 18.3 Å². The van der Waals surface area contributed by atoms with Gasteiger partial charge < -0.3 is 9.22 Å².